The number of rotatable bonds is 3. The molecule has 0 atom stereocenters. The summed E-state index contributed by atoms with van der Waals surface area (Å²) in [5.41, 5.74) is 4.48. The molecule has 2 rings (SSSR count). The molecule has 0 nitrogen and oxygen atoms in total. The highest BCUT2D eigenvalue weighted by Crippen LogP contribution is 2.33. The summed E-state index contributed by atoms with van der Waals surface area (Å²) in [6.45, 7) is 2.23. The molecule has 1 aliphatic rings. The SMILES string of the molecule is CCC(C=Cc1ccccc1)=C1CC1. The fourth-order valence-electron chi connectivity index (χ4n) is 1.63. The maximum atomic E-state index is 2.28. The fourth-order valence-corrected chi connectivity index (χ4v) is 1.63. The van der Waals surface area contributed by atoms with Crippen molar-refractivity contribution < 1.29 is 0 Å². The van der Waals surface area contributed by atoms with Crippen molar-refractivity contribution in [2.75, 3.05) is 0 Å². The maximum absolute atomic E-state index is 2.28. The van der Waals surface area contributed by atoms with E-state index in [1.165, 1.54) is 30.4 Å². The standard InChI is InChI=1S/C14H16/c1-2-13(14-10-11-14)9-8-12-6-4-3-5-7-12/h3-9H,2,10-11H2,1H3. The first kappa shape index (κ1) is 9.26. The Bertz CT molecular complexity index is 349. The summed E-state index contributed by atoms with van der Waals surface area (Å²) in [5, 5.41) is 0. The van der Waals surface area contributed by atoms with Gasteiger partial charge in [-0.2, -0.15) is 0 Å². The van der Waals surface area contributed by atoms with E-state index in [-0.39, 0.29) is 0 Å². The lowest BCUT2D eigenvalue weighted by molar-refractivity contribution is 1.14. The van der Waals surface area contributed by atoms with Crippen LogP contribution in [-0.4, -0.2) is 0 Å². The van der Waals surface area contributed by atoms with Gasteiger partial charge in [-0.25, -0.2) is 0 Å². The summed E-state index contributed by atoms with van der Waals surface area (Å²) in [7, 11) is 0. The van der Waals surface area contributed by atoms with Crippen LogP contribution in [0.25, 0.3) is 6.08 Å². The van der Waals surface area contributed by atoms with Crippen LogP contribution in [0.3, 0.4) is 0 Å². The smallest absolute Gasteiger partial charge is 0.0257 e. The lowest BCUT2D eigenvalue weighted by atomic mass is 10.1. The molecular formula is C14H16. The molecule has 1 fully saturated rings. The molecule has 0 spiro atoms. The molecule has 1 aromatic rings. The van der Waals surface area contributed by atoms with Gasteiger partial charge in [0.25, 0.3) is 0 Å². The first-order valence-corrected chi connectivity index (χ1v) is 5.34. The van der Waals surface area contributed by atoms with Crippen molar-refractivity contribution in [2.45, 2.75) is 26.2 Å². The van der Waals surface area contributed by atoms with Crippen molar-refractivity contribution in [3.05, 3.63) is 53.1 Å². The van der Waals surface area contributed by atoms with E-state index in [1.54, 1.807) is 5.57 Å². The zero-order valence-corrected chi connectivity index (χ0v) is 8.66. The second kappa shape index (κ2) is 4.28. The molecule has 0 amide bonds. The van der Waals surface area contributed by atoms with Gasteiger partial charge >= 0.3 is 0 Å². The van der Waals surface area contributed by atoms with Crippen molar-refractivity contribution in [2.24, 2.45) is 0 Å². The van der Waals surface area contributed by atoms with Gasteiger partial charge in [0.2, 0.25) is 0 Å². The van der Waals surface area contributed by atoms with E-state index >= 15 is 0 Å². The molecule has 14 heavy (non-hydrogen) atoms. The molecule has 0 bridgehead atoms. The summed E-state index contributed by atoms with van der Waals surface area (Å²) >= 11 is 0. The Labute approximate surface area is 86.0 Å². The predicted molar refractivity (Wildman–Crippen MR) is 62.0 cm³/mol. The highest BCUT2D eigenvalue weighted by atomic mass is 14.2. The largest absolute Gasteiger partial charge is 0.0664 e. The van der Waals surface area contributed by atoms with E-state index in [9.17, 15) is 0 Å². The van der Waals surface area contributed by atoms with Gasteiger partial charge in [-0.15, -0.1) is 0 Å². The number of allylic oxidation sites excluding steroid dienone is 3. The number of hydrogen-bond donors (Lipinski definition) is 0. The Balaban J connectivity index is 2.10. The predicted octanol–water partition coefficient (Wildman–Crippen LogP) is 4.20. The van der Waals surface area contributed by atoms with Crippen LogP contribution >= 0.6 is 0 Å². The summed E-state index contributed by atoms with van der Waals surface area (Å²) in [5.74, 6) is 0. The van der Waals surface area contributed by atoms with Gasteiger partial charge in [0.05, 0.1) is 0 Å². The third kappa shape index (κ3) is 2.35. The Hall–Kier alpha value is -1.30. The Kier molecular flexibility index (Phi) is 2.83. The van der Waals surface area contributed by atoms with Crippen LogP contribution in [0.15, 0.2) is 47.6 Å². The first-order valence-electron chi connectivity index (χ1n) is 5.34. The van der Waals surface area contributed by atoms with Gasteiger partial charge in [-0.3, -0.25) is 0 Å². The maximum Gasteiger partial charge on any atom is -0.0257 e. The molecule has 0 heterocycles. The minimum absolute atomic E-state index is 1.17. The van der Waals surface area contributed by atoms with Crippen LogP contribution in [0.1, 0.15) is 31.7 Å². The lowest BCUT2D eigenvalue weighted by Gasteiger charge is -1.95. The molecule has 1 saturated carbocycles. The average molecular weight is 184 g/mol. The van der Waals surface area contributed by atoms with Crippen LogP contribution in [0.2, 0.25) is 0 Å². The van der Waals surface area contributed by atoms with Gasteiger partial charge < -0.3 is 0 Å². The van der Waals surface area contributed by atoms with Crippen LogP contribution in [0, 0.1) is 0 Å². The van der Waals surface area contributed by atoms with Gasteiger partial charge in [0.15, 0.2) is 0 Å². The minimum Gasteiger partial charge on any atom is -0.0664 e. The van der Waals surface area contributed by atoms with Crippen molar-refractivity contribution in [1.29, 1.82) is 0 Å². The summed E-state index contributed by atoms with van der Waals surface area (Å²) < 4.78 is 0. The quantitative estimate of drug-likeness (QED) is 0.660. The van der Waals surface area contributed by atoms with E-state index in [0.717, 1.165) is 0 Å². The third-order valence-corrected chi connectivity index (χ3v) is 2.61. The highest BCUT2D eigenvalue weighted by Gasteiger charge is 2.14. The Morgan fingerprint density at radius 2 is 1.93 bits per heavy atom. The molecule has 0 radical (unpaired) electrons. The van der Waals surface area contributed by atoms with Crippen molar-refractivity contribution >= 4 is 6.08 Å². The monoisotopic (exact) mass is 184 g/mol. The zero-order chi connectivity index (χ0) is 9.80. The molecule has 1 aliphatic carbocycles. The second-order valence-electron chi connectivity index (χ2n) is 3.73. The Morgan fingerprint density at radius 1 is 1.21 bits per heavy atom. The molecule has 0 aromatic heterocycles. The molecule has 0 heteroatoms. The molecule has 1 aromatic carbocycles. The van der Waals surface area contributed by atoms with E-state index in [0.29, 0.717) is 0 Å². The molecule has 0 N–H and O–H groups in total. The summed E-state index contributed by atoms with van der Waals surface area (Å²) in [4.78, 5) is 0. The summed E-state index contributed by atoms with van der Waals surface area (Å²) in [6, 6.07) is 10.5. The van der Waals surface area contributed by atoms with Crippen molar-refractivity contribution in [3.8, 4) is 0 Å². The molecule has 0 aliphatic heterocycles. The van der Waals surface area contributed by atoms with E-state index in [2.05, 4.69) is 49.4 Å². The third-order valence-electron chi connectivity index (χ3n) is 2.61. The van der Waals surface area contributed by atoms with Crippen LogP contribution in [-0.2, 0) is 0 Å². The molecule has 0 saturated heterocycles. The van der Waals surface area contributed by atoms with E-state index in [1.807, 2.05) is 0 Å². The van der Waals surface area contributed by atoms with Crippen molar-refractivity contribution in [1.82, 2.24) is 0 Å². The van der Waals surface area contributed by atoms with Crippen molar-refractivity contribution in [3.63, 3.8) is 0 Å². The average Bonchev–Trinajstić information content (AvgIpc) is 3.05. The van der Waals surface area contributed by atoms with Crippen LogP contribution in [0.4, 0.5) is 0 Å². The number of hydrogen-bond acceptors (Lipinski definition) is 0. The normalized spacial score (nSPS) is 14.8. The first-order chi connectivity index (χ1) is 6.90. The van der Waals surface area contributed by atoms with Gasteiger partial charge in [-0.05, 0) is 30.4 Å². The summed E-state index contributed by atoms with van der Waals surface area (Å²) in [6.07, 6.45) is 8.30. The van der Waals surface area contributed by atoms with Gasteiger partial charge in [0, 0.05) is 0 Å². The van der Waals surface area contributed by atoms with Gasteiger partial charge in [0.1, 0.15) is 0 Å². The second-order valence-corrected chi connectivity index (χ2v) is 3.73. The molecular weight excluding hydrogens is 168 g/mol. The fraction of sp³-hybridized carbons (Fsp3) is 0.286. The molecule has 0 unspecified atom stereocenters. The van der Waals surface area contributed by atoms with E-state index < -0.39 is 0 Å². The minimum atomic E-state index is 1.17. The Morgan fingerprint density at radius 3 is 2.50 bits per heavy atom. The van der Waals surface area contributed by atoms with Crippen LogP contribution < -0.4 is 0 Å². The number of benzene rings is 1. The van der Waals surface area contributed by atoms with Gasteiger partial charge in [-0.1, -0.05) is 55.0 Å². The zero-order valence-electron chi connectivity index (χ0n) is 8.66. The molecule has 72 valence electrons. The van der Waals surface area contributed by atoms with Crippen LogP contribution in [0.5, 0.6) is 0 Å². The van der Waals surface area contributed by atoms with E-state index in [4.69, 9.17) is 0 Å². The lowest BCUT2D eigenvalue weighted by Crippen LogP contribution is -1.74. The highest BCUT2D eigenvalue weighted by molar-refractivity contribution is 5.54. The topological polar surface area (TPSA) is 0 Å².